The van der Waals surface area contributed by atoms with E-state index in [1.54, 1.807) is 13.2 Å². The van der Waals surface area contributed by atoms with E-state index < -0.39 is 0 Å². The predicted octanol–water partition coefficient (Wildman–Crippen LogP) is 7.18. The lowest BCUT2D eigenvalue weighted by Gasteiger charge is -2.12. The molecule has 0 radical (unpaired) electrons. The number of rotatable bonds is 7. The molecule has 6 nitrogen and oxygen atoms in total. The van der Waals surface area contributed by atoms with Crippen LogP contribution >= 0.6 is 11.6 Å². The van der Waals surface area contributed by atoms with Gasteiger partial charge in [-0.3, -0.25) is 0 Å². The van der Waals surface area contributed by atoms with Crippen LogP contribution in [0.25, 0.3) is 22.2 Å². The molecule has 0 amide bonds. The van der Waals surface area contributed by atoms with Crippen LogP contribution in [0, 0.1) is 6.92 Å². The molecule has 0 atom stereocenters. The molecular weight excluding hydrogens is 450 g/mol. The first-order valence-electron chi connectivity index (χ1n) is 10.7. The summed E-state index contributed by atoms with van der Waals surface area (Å²) in [5.74, 6) is 2.44. The molecule has 2 heterocycles. The van der Waals surface area contributed by atoms with Crippen molar-refractivity contribution in [1.82, 2.24) is 9.97 Å². The van der Waals surface area contributed by atoms with E-state index >= 15 is 0 Å². The highest BCUT2D eigenvalue weighted by atomic mass is 35.5. The van der Waals surface area contributed by atoms with Crippen molar-refractivity contribution in [3.8, 4) is 23.0 Å². The Hall–Kier alpha value is -4.03. The van der Waals surface area contributed by atoms with E-state index in [1.165, 1.54) is 11.9 Å². The number of hydrogen-bond acceptors (Lipinski definition) is 6. The van der Waals surface area contributed by atoms with E-state index in [1.807, 2.05) is 54.6 Å². The van der Waals surface area contributed by atoms with E-state index in [2.05, 4.69) is 34.3 Å². The first-order chi connectivity index (χ1) is 16.6. The number of benzene rings is 3. The third-order valence-electron chi connectivity index (χ3n) is 5.37. The number of ether oxygens (including phenoxy) is 2. The summed E-state index contributed by atoms with van der Waals surface area (Å²) in [6.07, 6.45) is 1.53. The molecule has 170 valence electrons. The number of fused-ring (bicyclic) bond motifs is 1. The molecule has 0 spiro atoms. The van der Waals surface area contributed by atoms with E-state index in [9.17, 15) is 0 Å². The van der Waals surface area contributed by atoms with Crippen LogP contribution in [0.2, 0.25) is 5.02 Å². The predicted molar refractivity (Wildman–Crippen MR) is 134 cm³/mol. The summed E-state index contributed by atoms with van der Waals surface area (Å²) < 4.78 is 16.8. The minimum absolute atomic E-state index is 0.449. The number of nitrogens with one attached hydrogen (secondary N) is 1. The van der Waals surface area contributed by atoms with Crippen molar-refractivity contribution < 1.29 is 13.9 Å². The molecule has 3 aromatic carbocycles. The molecule has 0 aliphatic rings. The number of halogens is 1. The fourth-order valence-electron chi connectivity index (χ4n) is 3.69. The first kappa shape index (κ1) is 21.8. The third kappa shape index (κ3) is 4.67. The average Bonchev–Trinajstić information content (AvgIpc) is 3.33. The highest BCUT2D eigenvalue weighted by molar-refractivity contribution is 6.32. The lowest BCUT2D eigenvalue weighted by atomic mass is 10.1. The van der Waals surface area contributed by atoms with Crippen molar-refractivity contribution in [3.63, 3.8) is 0 Å². The van der Waals surface area contributed by atoms with Crippen LogP contribution in [-0.2, 0) is 6.61 Å². The van der Waals surface area contributed by atoms with E-state index in [0.717, 1.165) is 27.7 Å². The van der Waals surface area contributed by atoms with Crippen molar-refractivity contribution in [2.24, 2.45) is 0 Å². The van der Waals surface area contributed by atoms with Gasteiger partial charge >= 0.3 is 0 Å². The largest absolute Gasteiger partial charge is 0.487 e. The minimum atomic E-state index is 0.449. The third-order valence-corrected chi connectivity index (χ3v) is 5.67. The van der Waals surface area contributed by atoms with Crippen LogP contribution in [0.5, 0.6) is 11.7 Å². The Bertz CT molecular complexity index is 1470. The lowest BCUT2D eigenvalue weighted by molar-refractivity contribution is 0.306. The molecule has 2 aromatic heterocycles. The molecule has 0 saturated carbocycles. The van der Waals surface area contributed by atoms with Gasteiger partial charge in [-0.2, -0.15) is 0 Å². The number of aryl methyl sites for hydroxylation is 1. The van der Waals surface area contributed by atoms with Crippen LogP contribution in [0.3, 0.4) is 0 Å². The molecule has 34 heavy (non-hydrogen) atoms. The normalized spacial score (nSPS) is 10.9. The molecule has 7 heteroatoms. The van der Waals surface area contributed by atoms with Crippen LogP contribution in [0.4, 0.5) is 11.5 Å². The van der Waals surface area contributed by atoms with Gasteiger partial charge in [-0.15, -0.1) is 0 Å². The summed E-state index contributed by atoms with van der Waals surface area (Å²) in [7, 11) is 1.57. The molecule has 0 bridgehead atoms. The Morgan fingerprint density at radius 1 is 0.971 bits per heavy atom. The zero-order chi connectivity index (χ0) is 23.5. The molecule has 5 rings (SSSR count). The minimum Gasteiger partial charge on any atom is -0.487 e. The van der Waals surface area contributed by atoms with Gasteiger partial charge in [0, 0.05) is 22.7 Å². The Labute approximate surface area is 202 Å². The molecule has 0 fully saturated rings. The van der Waals surface area contributed by atoms with Gasteiger partial charge in [-0.1, -0.05) is 41.4 Å². The summed E-state index contributed by atoms with van der Waals surface area (Å²) in [6.45, 7) is 2.51. The monoisotopic (exact) mass is 471 g/mol. The van der Waals surface area contributed by atoms with E-state index in [-0.39, 0.29) is 0 Å². The van der Waals surface area contributed by atoms with Crippen LogP contribution in [0.1, 0.15) is 11.1 Å². The summed E-state index contributed by atoms with van der Waals surface area (Å²) in [6, 6.07) is 23.3. The number of hydrogen-bond donors (Lipinski definition) is 1. The first-order valence-corrected chi connectivity index (χ1v) is 11.1. The highest BCUT2D eigenvalue weighted by Crippen LogP contribution is 2.33. The second kappa shape index (κ2) is 9.45. The molecule has 1 N–H and O–H groups in total. The summed E-state index contributed by atoms with van der Waals surface area (Å²) in [5.41, 5.74) is 4.78. The standard InChI is InChI=1S/C27H22ClN3O3/c1-17-4-3-5-18(12-17)15-33-25-9-7-20(14-22(25)28)31-27-21-13-19(6-8-23(21)29-16-30-27)24-10-11-26(32-2)34-24/h3-14,16H,15H2,1-2H3,(H,29,30,31). The van der Waals surface area contributed by atoms with Crippen molar-refractivity contribution in [2.75, 3.05) is 12.4 Å². The molecular formula is C27H22ClN3O3. The quantitative estimate of drug-likeness (QED) is 0.271. The zero-order valence-corrected chi connectivity index (χ0v) is 19.5. The van der Waals surface area contributed by atoms with Crippen LogP contribution < -0.4 is 14.8 Å². The summed E-state index contributed by atoms with van der Waals surface area (Å²) >= 11 is 6.51. The molecule has 0 aliphatic heterocycles. The van der Waals surface area contributed by atoms with Gasteiger partial charge < -0.3 is 19.2 Å². The van der Waals surface area contributed by atoms with Gasteiger partial charge in [0.15, 0.2) is 0 Å². The Morgan fingerprint density at radius 3 is 2.68 bits per heavy atom. The summed E-state index contributed by atoms with van der Waals surface area (Å²) in [4.78, 5) is 8.82. The Kier molecular flexibility index (Phi) is 6.06. The number of aromatic nitrogens is 2. The van der Waals surface area contributed by atoms with Crippen molar-refractivity contribution in [2.45, 2.75) is 13.5 Å². The fourth-order valence-corrected chi connectivity index (χ4v) is 3.92. The zero-order valence-electron chi connectivity index (χ0n) is 18.7. The maximum Gasteiger partial charge on any atom is 0.284 e. The lowest BCUT2D eigenvalue weighted by Crippen LogP contribution is -1.98. The van der Waals surface area contributed by atoms with E-state index in [4.69, 9.17) is 25.5 Å². The van der Waals surface area contributed by atoms with Crippen molar-refractivity contribution >= 4 is 34.0 Å². The van der Waals surface area contributed by atoms with Gasteiger partial charge in [0.1, 0.15) is 30.3 Å². The molecule has 5 aromatic rings. The van der Waals surface area contributed by atoms with Gasteiger partial charge in [-0.05, 0) is 55.0 Å². The maximum atomic E-state index is 6.51. The molecule has 0 saturated heterocycles. The van der Waals surface area contributed by atoms with E-state index in [0.29, 0.717) is 34.9 Å². The second-order valence-electron chi connectivity index (χ2n) is 7.82. The Morgan fingerprint density at radius 2 is 1.88 bits per heavy atom. The second-order valence-corrected chi connectivity index (χ2v) is 8.23. The smallest absolute Gasteiger partial charge is 0.284 e. The Balaban J connectivity index is 1.38. The average molecular weight is 472 g/mol. The van der Waals surface area contributed by atoms with Gasteiger partial charge in [0.2, 0.25) is 0 Å². The summed E-state index contributed by atoms with van der Waals surface area (Å²) in [5, 5.41) is 4.71. The number of furan rings is 1. The van der Waals surface area contributed by atoms with Gasteiger partial charge in [0.25, 0.3) is 5.95 Å². The van der Waals surface area contributed by atoms with Gasteiger partial charge in [0.05, 0.1) is 17.6 Å². The SMILES string of the molecule is COc1ccc(-c2ccc3ncnc(Nc4ccc(OCc5cccc(C)c5)c(Cl)c4)c3c2)o1. The highest BCUT2D eigenvalue weighted by Gasteiger charge is 2.11. The molecule has 0 unspecified atom stereocenters. The maximum absolute atomic E-state index is 6.51. The van der Waals surface area contributed by atoms with Crippen LogP contribution in [-0.4, -0.2) is 17.1 Å². The van der Waals surface area contributed by atoms with Gasteiger partial charge in [-0.25, -0.2) is 9.97 Å². The number of methoxy groups -OCH3 is 1. The van der Waals surface area contributed by atoms with Crippen molar-refractivity contribution in [1.29, 1.82) is 0 Å². The number of anilines is 2. The van der Waals surface area contributed by atoms with Crippen LogP contribution in [0.15, 0.2) is 83.5 Å². The topological polar surface area (TPSA) is 69.4 Å². The number of nitrogens with zero attached hydrogens (tertiary/aromatic N) is 2. The molecule has 0 aliphatic carbocycles. The van der Waals surface area contributed by atoms with Crippen molar-refractivity contribution in [3.05, 3.63) is 95.3 Å². The fraction of sp³-hybridized carbons (Fsp3) is 0.111.